The number of likely N-dealkylation sites (N-methyl/N-ethyl adjacent to an activating group) is 1. The van der Waals surface area contributed by atoms with E-state index in [1.54, 1.807) is 0 Å². The smallest absolute Gasteiger partial charge is 0.222 e. The number of amides is 2. The highest BCUT2D eigenvalue weighted by Gasteiger charge is 2.17. The molecule has 0 radical (unpaired) electrons. The molecule has 0 aliphatic rings. The molecule has 1 rings (SSSR count). The predicted molar refractivity (Wildman–Crippen MR) is 83.9 cm³/mol. The number of carbonyl (C=O) groups excluding carboxylic acids is 2. The summed E-state index contributed by atoms with van der Waals surface area (Å²) in [6.45, 7) is 6.02. The molecule has 2 amide bonds. The van der Waals surface area contributed by atoms with Crippen molar-refractivity contribution in [2.24, 2.45) is 0 Å². The van der Waals surface area contributed by atoms with E-state index in [-0.39, 0.29) is 30.3 Å². The summed E-state index contributed by atoms with van der Waals surface area (Å²) in [6, 6.07) is 7.76. The lowest BCUT2D eigenvalue weighted by Crippen LogP contribution is -2.39. The molecule has 0 spiro atoms. The van der Waals surface area contributed by atoms with Crippen molar-refractivity contribution in [3.05, 3.63) is 35.4 Å². The second-order valence-corrected chi connectivity index (χ2v) is 5.36. The Morgan fingerprint density at radius 3 is 2.33 bits per heavy atom. The zero-order valence-electron chi connectivity index (χ0n) is 13.2. The van der Waals surface area contributed by atoms with E-state index in [2.05, 4.69) is 16.0 Å². The van der Waals surface area contributed by atoms with Gasteiger partial charge in [-0.2, -0.15) is 0 Å². The van der Waals surface area contributed by atoms with Gasteiger partial charge in [-0.1, -0.05) is 29.8 Å². The van der Waals surface area contributed by atoms with Crippen LogP contribution >= 0.6 is 0 Å². The Labute approximate surface area is 126 Å². The summed E-state index contributed by atoms with van der Waals surface area (Å²) in [4.78, 5) is 23.3. The lowest BCUT2D eigenvalue weighted by atomic mass is 10.0. The van der Waals surface area contributed by atoms with E-state index in [0.29, 0.717) is 6.54 Å². The molecule has 0 saturated carbocycles. The third-order valence-corrected chi connectivity index (χ3v) is 3.34. The second kappa shape index (κ2) is 8.42. The van der Waals surface area contributed by atoms with Crippen LogP contribution in [-0.4, -0.2) is 31.4 Å². The average molecular weight is 291 g/mol. The fourth-order valence-electron chi connectivity index (χ4n) is 1.92. The molecule has 2 unspecified atom stereocenters. The third-order valence-electron chi connectivity index (χ3n) is 3.34. The average Bonchev–Trinajstić information content (AvgIpc) is 2.44. The van der Waals surface area contributed by atoms with E-state index in [1.807, 2.05) is 45.2 Å². The van der Waals surface area contributed by atoms with Gasteiger partial charge < -0.3 is 16.0 Å². The Morgan fingerprint density at radius 1 is 1.19 bits per heavy atom. The van der Waals surface area contributed by atoms with Crippen LogP contribution in [0.5, 0.6) is 0 Å². The predicted octanol–water partition coefficient (Wildman–Crippen LogP) is 1.29. The Bertz CT molecular complexity index is 471. The molecule has 0 saturated heterocycles. The van der Waals surface area contributed by atoms with Gasteiger partial charge in [-0.05, 0) is 26.5 Å². The number of carbonyl (C=O) groups is 2. The molecule has 0 bridgehead atoms. The van der Waals surface area contributed by atoms with Crippen LogP contribution in [0.25, 0.3) is 0 Å². The topological polar surface area (TPSA) is 70.2 Å². The van der Waals surface area contributed by atoms with Gasteiger partial charge in [0.15, 0.2) is 0 Å². The van der Waals surface area contributed by atoms with Crippen molar-refractivity contribution < 1.29 is 9.59 Å². The molecule has 2 atom stereocenters. The van der Waals surface area contributed by atoms with Crippen LogP contribution in [0.3, 0.4) is 0 Å². The monoisotopic (exact) mass is 291 g/mol. The van der Waals surface area contributed by atoms with Crippen LogP contribution in [0.15, 0.2) is 24.3 Å². The zero-order chi connectivity index (χ0) is 15.8. The minimum absolute atomic E-state index is 0.0728. The number of nitrogens with one attached hydrogen (secondary N) is 3. The molecule has 3 N–H and O–H groups in total. The SMILES string of the molecule is CNC(C)CNC(=O)CC(NC(C)=O)c1ccc(C)cc1. The minimum atomic E-state index is -0.298. The first-order chi connectivity index (χ1) is 9.92. The van der Waals surface area contributed by atoms with Crippen molar-refractivity contribution in [2.45, 2.75) is 39.3 Å². The van der Waals surface area contributed by atoms with E-state index < -0.39 is 0 Å². The van der Waals surface area contributed by atoms with Gasteiger partial charge in [0.05, 0.1) is 12.5 Å². The van der Waals surface area contributed by atoms with Crippen LogP contribution in [0.4, 0.5) is 0 Å². The summed E-state index contributed by atoms with van der Waals surface area (Å²) in [5.41, 5.74) is 2.08. The standard InChI is InChI=1S/C16H25N3O2/c1-11-5-7-14(8-6-11)15(19-13(3)20)9-16(21)18-10-12(2)17-4/h5-8,12,15,17H,9-10H2,1-4H3,(H,18,21)(H,19,20). The van der Waals surface area contributed by atoms with Crippen molar-refractivity contribution in [2.75, 3.05) is 13.6 Å². The molecule has 1 aromatic carbocycles. The summed E-state index contributed by atoms with van der Waals surface area (Å²) in [7, 11) is 1.85. The maximum Gasteiger partial charge on any atom is 0.222 e. The molecular weight excluding hydrogens is 266 g/mol. The Kier molecular flexibility index (Phi) is 6.88. The van der Waals surface area contributed by atoms with Gasteiger partial charge in [0, 0.05) is 19.5 Å². The van der Waals surface area contributed by atoms with Crippen molar-refractivity contribution in [3.63, 3.8) is 0 Å². The van der Waals surface area contributed by atoms with E-state index >= 15 is 0 Å². The summed E-state index contributed by atoms with van der Waals surface area (Å²) < 4.78 is 0. The Balaban J connectivity index is 2.67. The molecule has 1 aromatic rings. The van der Waals surface area contributed by atoms with Crippen LogP contribution in [0.2, 0.25) is 0 Å². The molecule has 0 aliphatic carbocycles. The second-order valence-electron chi connectivity index (χ2n) is 5.36. The van der Waals surface area contributed by atoms with Gasteiger partial charge in [0.25, 0.3) is 0 Å². The number of aryl methyl sites for hydroxylation is 1. The number of hydrogen-bond acceptors (Lipinski definition) is 3. The normalized spacial score (nSPS) is 13.3. The van der Waals surface area contributed by atoms with Crippen LogP contribution in [-0.2, 0) is 9.59 Å². The molecule has 0 fully saturated rings. The first-order valence-electron chi connectivity index (χ1n) is 7.20. The first kappa shape index (κ1) is 17.2. The quantitative estimate of drug-likeness (QED) is 0.709. The summed E-state index contributed by atoms with van der Waals surface area (Å²) in [5, 5.41) is 8.76. The largest absolute Gasteiger partial charge is 0.354 e. The highest BCUT2D eigenvalue weighted by atomic mass is 16.2. The molecule has 116 valence electrons. The molecule has 5 nitrogen and oxygen atoms in total. The number of rotatable bonds is 7. The molecule has 0 aliphatic heterocycles. The number of hydrogen-bond donors (Lipinski definition) is 3. The lowest BCUT2D eigenvalue weighted by molar-refractivity contribution is -0.122. The van der Waals surface area contributed by atoms with Gasteiger partial charge in [0.2, 0.25) is 11.8 Å². The van der Waals surface area contributed by atoms with Crippen LogP contribution < -0.4 is 16.0 Å². The van der Waals surface area contributed by atoms with Crippen molar-refractivity contribution in [1.29, 1.82) is 0 Å². The first-order valence-corrected chi connectivity index (χ1v) is 7.20. The summed E-state index contributed by atoms with van der Waals surface area (Å²) >= 11 is 0. The van der Waals surface area contributed by atoms with E-state index in [1.165, 1.54) is 6.92 Å². The zero-order valence-corrected chi connectivity index (χ0v) is 13.2. The molecule has 0 aromatic heterocycles. The lowest BCUT2D eigenvalue weighted by Gasteiger charge is -2.19. The van der Waals surface area contributed by atoms with Crippen molar-refractivity contribution >= 4 is 11.8 Å². The van der Waals surface area contributed by atoms with E-state index in [4.69, 9.17) is 0 Å². The Hall–Kier alpha value is -1.88. The third kappa shape index (κ3) is 6.40. The maximum absolute atomic E-state index is 12.0. The van der Waals surface area contributed by atoms with Gasteiger partial charge in [0.1, 0.15) is 0 Å². The van der Waals surface area contributed by atoms with Gasteiger partial charge in [-0.15, -0.1) is 0 Å². The molecule has 21 heavy (non-hydrogen) atoms. The fraction of sp³-hybridized carbons (Fsp3) is 0.500. The fourth-order valence-corrected chi connectivity index (χ4v) is 1.92. The summed E-state index contributed by atoms with van der Waals surface area (Å²) in [5.74, 6) is -0.214. The summed E-state index contributed by atoms with van der Waals surface area (Å²) in [6.07, 6.45) is 0.235. The van der Waals surface area contributed by atoms with E-state index in [0.717, 1.165) is 11.1 Å². The maximum atomic E-state index is 12.0. The van der Waals surface area contributed by atoms with Gasteiger partial charge in [-0.3, -0.25) is 9.59 Å². The van der Waals surface area contributed by atoms with Crippen molar-refractivity contribution in [3.8, 4) is 0 Å². The van der Waals surface area contributed by atoms with Crippen LogP contribution in [0, 0.1) is 6.92 Å². The highest BCUT2D eigenvalue weighted by molar-refractivity contribution is 5.79. The molecule has 5 heteroatoms. The van der Waals surface area contributed by atoms with Gasteiger partial charge >= 0.3 is 0 Å². The molecular formula is C16H25N3O2. The number of benzene rings is 1. The van der Waals surface area contributed by atoms with Crippen molar-refractivity contribution in [1.82, 2.24) is 16.0 Å². The van der Waals surface area contributed by atoms with Crippen LogP contribution in [0.1, 0.15) is 37.4 Å². The van der Waals surface area contributed by atoms with Gasteiger partial charge in [-0.25, -0.2) is 0 Å². The Morgan fingerprint density at radius 2 is 1.81 bits per heavy atom. The van der Waals surface area contributed by atoms with E-state index in [9.17, 15) is 9.59 Å². The molecule has 0 heterocycles. The highest BCUT2D eigenvalue weighted by Crippen LogP contribution is 2.17. The minimum Gasteiger partial charge on any atom is -0.354 e.